The number of hydrogen-bond donors (Lipinski definition) is 1. The molecule has 0 fully saturated rings. The minimum Gasteiger partial charge on any atom is -0.385 e. The van der Waals surface area contributed by atoms with Gasteiger partial charge >= 0.3 is 0 Å². The van der Waals surface area contributed by atoms with E-state index in [1.807, 2.05) is 12.3 Å². The van der Waals surface area contributed by atoms with Gasteiger partial charge in [0, 0.05) is 51.8 Å². The molecule has 114 valence electrons. The fraction of sp³-hybridized carbons (Fsp3) is 0.667. The molecular formula is C15H27N3O2. The van der Waals surface area contributed by atoms with Crippen molar-refractivity contribution in [1.82, 2.24) is 9.88 Å². The molecule has 0 aliphatic rings. The summed E-state index contributed by atoms with van der Waals surface area (Å²) in [5.41, 5.74) is 2.17. The summed E-state index contributed by atoms with van der Waals surface area (Å²) < 4.78 is 10.4. The van der Waals surface area contributed by atoms with Gasteiger partial charge in [-0.05, 0) is 26.0 Å². The molecule has 1 aromatic heterocycles. The van der Waals surface area contributed by atoms with Crippen LogP contribution < -0.4 is 5.32 Å². The molecule has 0 saturated carbocycles. The number of nitrogens with one attached hydrogen (secondary N) is 1. The molecule has 1 atom stereocenters. The summed E-state index contributed by atoms with van der Waals surface area (Å²) in [6.07, 6.45) is 1.85. The summed E-state index contributed by atoms with van der Waals surface area (Å²) in [6.45, 7) is 8.24. The molecule has 0 aliphatic heterocycles. The molecule has 1 aromatic rings. The van der Waals surface area contributed by atoms with Crippen LogP contribution in [0.25, 0.3) is 0 Å². The first-order valence-corrected chi connectivity index (χ1v) is 7.12. The van der Waals surface area contributed by atoms with E-state index in [0.29, 0.717) is 19.3 Å². The molecule has 5 nitrogen and oxygen atoms in total. The van der Waals surface area contributed by atoms with Gasteiger partial charge in [0.2, 0.25) is 0 Å². The molecule has 0 saturated heterocycles. The molecule has 1 unspecified atom stereocenters. The van der Waals surface area contributed by atoms with Gasteiger partial charge in [-0.1, -0.05) is 0 Å². The normalized spacial score (nSPS) is 12.7. The van der Waals surface area contributed by atoms with E-state index in [-0.39, 0.29) is 0 Å². The van der Waals surface area contributed by atoms with Crippen molar-refractivity contribution in [2.75, 3.05) is 45.8 Å². The Morgan fingerprint density at radius 3 is 2.80 bits per heavy atom. The highest BCUT2D eigenvalue weighted by Gasteiger charge is 2.14. The summed E-state index contributed by atoms with van der Waals surface area (Å²) in [7, 11) is 3.46. The second-order valence-corrected chi connectivity index (χ2v) is 4.83. The second kappa shape index (κ2) is 9.69. The van der Waals surface area contributed by atoms with Gasteiger partial charge in [0.05, 0.1) is 18.9 Å². The average molecular weight is 281 g/mol. The molecule has 0 bridgehead atoms. The lowest BCUT2D eigenvalue weighted by atomic mass is 10.2. The van der Waals surface area contributed by atoms with E-state index in [9.17, 15) is 0 Å². The van der Waals surface area contributed by atoms with Crippen LogP contribution in [-0.2, 0) is 16.0 Å². The number of aromatic nitrogens is 1. The van der Waals surface area contributed by atoms with Crippen LogP contribution >= 0.6 is 0 Å². The Morgan fingerprint density at radius 1 is 1.35 bits per heavy atom. The van der Waals surface area contributed by atoms with E-state index >= 15 is 0 Å². The third kappa shape index (κ3) is 5.86. The maximum atomic E-state index is 5.25. The number of pyridine rings is 1. The van der Waals surface area contributed by atoms with Crippen molar-refractivity contribution in [3.63, 3.8) is 0 Å². The van der Waals surface area contributed by atoms with Crippen LogP contribution in [0.4, 0.5) is 5.69 Å². The van der Waals surface area contributed by atoms with Crippen LogP contribution in [0.5, 0.6) is 0 Å². The van der Waals surface area contributed by atoms with E-state index in [2.05, 4.69) is 35.1 Å². The van der Waals surface area contributed by atoms with Gasteiger partial charge in [-0.2, -0.15) is 0 Å². The molecule has 0 aromatic carbocycles. The zero-order chi connectivity index (χ0) is 14.8. The maximum absolute atomic E-state index is 5.25. The summed E-state index contributed by atoms with van der Waals surface area (Å²) >= 11 is 0. The Kier molecular flexibility index (Phi) is 8.18. The molecule has 1 rings (SSSR count). The van der Waals surface area contributed by atoms with Gasteiger partial charge < -0.3 is 14.8 Å². The summed E-state index contributed by atoms with van der Waals surface area (Å²) in [6, 6.07) is 4.42. The van der Waals surface area contributed by atoms with Crippen molar-refractivity contribution < 1.29 is 9.47 Å². The molecular weight excluding hydrogens is 254 g/mol. The largest absolute Gasteiger partial charge is 0.385 e. The van der Waals surface area contributed by atoms with Crippen LogP contribution in [-0.4, -0.2) is 56.4 Å². The molecule has 1 heterocycles. The van der Waals surface area contributed by atoms with Gasteiger partial charge in [-0.25, -0.2) is 0 Å². The fourth-order valence-electron chi connectivity index (χ4n) is 2.10. The third-order valence-corrected chi connectivity index (χ3v) is 3.18. The molecule has 0 aliphatic carbocycles. The predicted molar refractivity (Wildman–Crippen MR) is 82.0 cm³/mol. The summed E-state index contributed by atoms with van der Waals surface area (Å²) in [5, 5.41) is 3.31. The van der Waals surface area contributed by atoms with Crippen LogP contribution in [0.15, 0.2) is 18.3 Å². The Bertz CT molecular complexity index is 374. The van der Waals surface area contributed by atoms with E-state index in [4.69, 9.17) is 9.47 Å². The molecule has 20 heavy (non-hydrogen) atoms. The maximum Gasteiger partial charge on any atom is 0.0615 e. The zero-order valence-corrected chi connectivity index (χ0v) is 13.1. The topological polar surface area (TPSA) is 46.6 Å². The van der Waals surface area contributed by atoms with Crippen molar-refractivity contribution in [3.8, 4) is 0 Å². The molecule has 0 amide bonds. The Morgan fingerprint density at radius 2 is 2.15 bits per heavy atom. The fourth-order valence-corrected chi connectivity index (χ4v) is 2.10. The minimum atomic E-state index is 0.333. The highest BCUT2D eigenvalue weighted by Crippen LogP contribution is 2.12. The molecule has 5 heteroatoms. The third-order valence-electron chi connectivity index (χ3n) is 3.18. The number of rotatable bonds is 10. The lowest BCUT2D eigenvalue weighted by molar-refractivity contribution is 0.0698. The second-order valence-electron chi connectivity index (χ2n) is 4.83. The van der Waals surface area contributed by atoms with Crippen molar-refractivity contribution in [2.45, 2.75) is 26.4 Å². The molecule has 0 spiro atoms. The van der Waals surface area contributed by atoms with Crippen LogP contribution in [0.3, 0.4) is 0 Å². The highest BCUT2D eigenvalue weighted by molar-refractivity contribution is 5.42. The van der Waals surface area contributed by atoms with Crippen molar-refractivity contribution in [2.24, 2.45) is 0 Å². The smallest absolute Gasteiger partial charge is 0.0615 e. The zero-order valence-electron chi connectivity index (χ0n) is 13.1. The van der Waals surface area contributed by atoms with E-state index in [1.165, 1.54) is 0 Å². The quantitative estimate of drug-likeness (QED) is 0.711. The Hall–Kier alpha value is -1.17. The standard InChI is InChI=1S/C15H27N3O2/c1-5-16-14-6-7-17-15(10-14)11-18(8-9-19-3)13(2)12-20-4/h6-7,10,13H,5,8-9,11-12H2,1-4H3,(H,16,17). The Labute approximate surface area is 122 Å². The minimum absolute atomic E-state index is 0.333. The number of nitrogens with zero attached hydrogens (tertiary/aromatic N) is 2. The molecule has 0 radical (unpaired) electrons. The van der Waals surface area contributed by atoms with Gasteiger partial charge in [0.1, 0.15) is 0 Å². The number of hydrogen-bond acceptors (Lipinski definition) is 5. The first-order chi connectivity index (χ1) is 9.71. The lowest BCUT2D eigenvalue weighted by Crippen LogP contribution is -2.38. The predicted octanol–water partition coefficient (Wildman–Crippen LogP) is 2.00. The van der Waals surface area contributed by atoms with E-state index in [1.54, 1.807) is 14.2 Å². The highest BCUT2D eigenvalue weighted by atomic mass is 16.5. The summed E-state index contributed by atoms with van der Waals surface area (Å²) in [4.78, 5) is 6.77. The lowest BCUT2D eigenvalue weighted by Gasteiger charge is -2.28. The molecule has 1 N–H and O–H groups in total. The number of anilines is 1. The van der Waals surface area contributed by atoms with Crippen LogP contribution in [0, 0.1) is 0 Å². The average Bonchev–Trinajstić information content (AvgIpc) is 2.44. The SMILES string of the molecule is CCNc1ccnc(CN(CCOC)C(C)COC)c1. The first-order valence-electron chi connectivity index (χ1n) is 7.12. The number of ether oxygens (including phenoxy) is 2. The summed E-state index contributed by atoms with van der Waals surface area (Å²) in [5.74, 6) is 0. The van der Waals surface area contributed by atoms with Gasteiger partial charge in [0.25, 0.3) is 0 Å². The first kappa shape index (κ1) is 16.9. The van der Waals surface area contributed by atoms with Crippen LogP contribution in [0.2, 0.25) is 0 Å². The van der Waals surface area contributed by atoms with E-state index in [0.717, 1.165) is 31.0 Å². The van der Waals surface area contributed by atoms with Gasteiger partial charge in [-0.3, -0.25) is 9.88 Å². The van der Waals surface area contributed by atoms with Gasteiger partial charge in [0.15, 0.2) is 0 Å². The van der Waals surface area contributed by atoms with Crippen molar-refractivity contribution >= 4 is 5.69 Å². The van der Waals surface area contributed by atoms with Crippen LogP contribution in [0.1, 0.15) is 19.5 Å². The van der Waals surface area contributed by atoms with Gasteiger partial charge in [-0.15, -0.1) is 0 Å². The van der Waals surface area contributed by atoms with Crippen molar-refractivity contribution in [3.05, 3.63) is 24.0 Å². The van der Waals surface area contributed by atoms with E-state index < -0.39 is 0 Å². The number of methoxy groups -OCH3 is 2. The van der Waals surface area contributed by atoms with Crippen molar-refractivity contribution in [1.29, 1.82) is 0 Å². The monoisotopic (exact) mass is 281 g/mol. The Balaban J connectivity index is 2.69.